The summed E-state index contributed by atoms with van der Waals surface area (Å²) in [5.74, 6) is 0.430. The summed E-state index contributed by atoms with van der Waals surface area (Å²) in [6.45, 7) is 3.04. The lowest BCUT2D eigenvalue weighted by Gasteiger charge is -2.34. The Kier molecular flexibility index (Phi) is 5.20. The van der Waals surface area contributed by atoms with Crippen molar-refractivity contribution in [3.05, 3.63) is 58.3 Å². The maximum atomic E-state index is 13.1. The standard InChI is InChI=1S/C20H23N5O4S/c1-3-18-19(25(26)27)20(22(2)21-18)23-10-12-24(13-11-23)30(28,29)17-9-8-15-6-4-5-7-16(15)14-17/h4-9,14H,3,10-13H2,1-2H3. The van der Waals surface area contributed by atoms with Gasteiger partial charge in [-0.25, -0.2) is 13.1 Å². The molecule has 1 aromatic heterocycles. The number of aromatic nitrogens is 2. The highest BCUT2D eigenvalue weighted by Crippen LogP contribution is 2.33. The van der Waals surface area contributed by atoms with Crippen molar-refractivity contribution in [2.24, 2.45) is 7.05 Å². The Morgan fingerprint density at radius 1 is 1.07 bits per heavy atom. The molecular weight excluding hydrogens is 406 g/mol. The second-order valence-corrected chi connectivity index (χ2v) is 9.19. The topological polar surface area (TPSA) is 102 Å². The smallest absolute Gasteiger partial charge is 0.334 e. The van der Waals surface area contributed by atoms with Gasteiger partial charge in [-0.1, -0.05) is 37.3 Å². The quantitative estimate of drug-likeness (QED) is 0.456. The molecule has 0 atom stereocenters. The Morgan fingerprint density at radius 2 is 1.73 bits per heavy atom. The first-order chi connectivity index (χ1) is 14.3. The van der Waals surface area contributed by atoms with E-state index in [0.717, 1.165) is 10.8 Å². The zero-order valence-corrected chi connectivity index (χ0v) is 17.7. The number of anilines is 1. The molecule has 0 radical (unpaired) electrons. The van der Waals surface area contributed by atoms with Gasteiger partial charge in [-0.2, -0.15) is 9.40 Å². The fourth-order valence-corrected chi connectivity index (χ4v) is 5.41. The first-order valence-electron chi connectivity index (χ1n) is 9.77. The molecule has 1 saturated heterocycles. The monoisotopic (exact) mass is 429 g/mol. The van der Waals surface area contributed by atoms with Crippen molar-refractivity contribution < 1.29 is 13.3 Å². The van der Waals surface area contributed by atoms with Crippen LogP contribution in [0.1, 0.15) is 12.6 Å². The van der Waals surface area contributed by atoms with E-state index >= 15 is 0 Å². The van der Waals surface area contributed by atoms with Gasteiger partial charge in [0.2, 0.25) is 15.8 Å². The predicted octanol–water partition coefficient (Wildman–Crippen LogP) is 2.55. The van der Waals surface area contributed by atoms with E-state index in [2.05, 4.69) is 5.10 Å². The Hall–Kier alpha value is -2.98. The lowest BCUT2D eigenvalue weighted by Crippen LogP contribution is -2.49. The average molecular weight is 430 g/mol. The number of hydrogen-bond donors (Lipinski definition) is 0. The largest absolute Gasteiger partial charge is 0.348 e. The summed E-state index contributed by atoms with van der Waals surface area (Å²) in [5, 5.41) is 17.7. The van der Waals surface area contributed by atoms with Crippen molar-refractivity contribution in [1.82, 2.24) is 14.1 Å². The van der Waals surface area contributed by atoms with Crippen molar-refractivity contribution in [3.8, 4) is 0 Å². The molecule has 0 bridgehead atoms. The van der Waals surface area contributed by atoms with Crippen molar-refractivity contribution in [1.29, 1.82) is 0 Å². The number of piperazine rings is 1. The fraction of sp³-hybridized carbons (Fsp3) is 0.350. The van der Waals surface area contributed by atoms with Crippen molar-refractivity contribution in [2.45, 2.75) is 18.2 Å². The number of nitro groups is 1. The van der Waals surface area contributed by atoms with Gasteiger partial charge in [-0.05, 0) is 29.3 Å². The van der Waals surface area contributed by atoms with E-state index < -0.39 is 14.9 Å². The molecule has 0 aliphatic carbocycles. The first kappa shape index (κ1) is 20.3. The van der Waals surface area contributed by atoms with Gasteiger partial charge in [0.05, 0.1) is 9.82 Å². The lowest BCUT2D eigenvalue weighted by molar-refractivity contribution is -0.384. The maximum absolute atomic E-state index is 13.1. The molecule has 30 heavy (non-hydrogen) atoms. The molecular formula is C20H23N5O4S. The molecule has 1 aliphatic heterocycles. The van der Waals surface area contributed by atoms with Crippen LogP contribution in [0.4, 0.5) is 11.5 Å². The maximum Gasteiger partial charge on any atom is 0.334 e. The molecule has 0 N–H and O–H groups in total. The van der Waals surface area contributed by atoms with E-state index in [9.17, 15) is 18.5 Å². The molecule has 2 aromatic carbocycles. The van der Waals surface area contributed by atoms with Gasteiger partial charge in [-0.15, -0.1) is 0 Å². The van der Waals surface area contributed by atoms with Gasteiger partial charge < -0.3 is 4.90 Å². The van der Waals surface area contributed by atoms with E-state index in [1.165, 1.54) is 8.99 Å². The van der Waals surface area contributed by atoms with E-state index in [1.54, 1.807) is 19.2 Å². The summed E-state index contributed by atoms with van der Waals surface area (Å²) in [4.78, 5) is 13.3. The molecule has 0 saturated carbocycles. The molecule has 0 spiro atoms. The van der Waals surface area contributed by atoms with Gasteiger partial charge in [-0.3, -0.25) is 10.1 Å². The number of rotatable bonds is 5. The minimum absolute atomic E-state index is 0.00540. The van der Waals surface area contributed by atoms with Crippen LogP contribution in [-0.4, -0.2) is 53.6 Å². The first-order valence-corrected chi connectivity index (χ1v) is 11.2. The number of hydrogen-bond acceptors (Lipinski definition) is 6. The molecule has 9 nitrogen and oxygen atoms in total. The summed E-state index contributed by atoms with van der Waals surface area (Å²) in [6, 6.07) is 12.7. The molecule has 1 aliphatic rings. The van der Waals surface area contributed by atoms with Crippen LogP contribution < -0.4 is 4.90 Å². The number of nitrogens with zero attached hydrogens (tertiary/aromatic N) is 5. The van der Waals surface area contributed by atoms with Crippen LogP contribution in [0.15, 0.2) is 47.4 Å². The van der Waals surface area contributed by atoms with Crippen molar-refractivity contribution in [2.75, 3.05) is 31.1 Å². The summed E-state index contributed by atoms with van der Waals surface area (Å²) in [7, 11) is -1.96. The summed E-state index contributed by atoms with van der Waals surface area (Å²) >= 11 is 0. The Bertz CT molecular complexity index is 1210. The summed E-state index contributed by atoms with van der Waals surface area (Å²) < 4.78 is 29.3. The van der Waals surface area contributed by atoms with Gasteiger partial charge >= 0.3 is 5.69 Å². The van der Waals surface area contributed by atoms with Gasteiger partial charge in [0.25, 0.3) is 0 Å². The third kappa shape index (κ3) is 3.41. The average Bonchev–Trinajstić information content (AvgIpc) is 3.10. The van der Waals surface area contributed by atoms with Gasteiger partial charge in [0.15, 0.2) is 0 Å². The number of benzene rings is 2. The van der Waals surface area contributed by atoms with Crippen LogP contribution in [-0.2, 0) is 23.5 Å². The molecule has 10 heteroatoms. The van der Waals surface area contributed by atoms with E-state index in [0.29, 0.717) is 31.0 Å². The number of fused-ring (bicyclic) bond motifs is 1. The van der Waals surface area contributed by atoms with Crippen LogP contribution in [0, 0.1) is 10.1 Å². The lowest BCUT2D eigenvalue weighted by atomic mass is 10.1. The second kappa shape index (κ2) is 7.69. The zero-order chi connectivity index (χ0) is 21.5. The Balaban J connectivity index is 1.57. The SMILES string of the molecule is CCc1nn(C)c(N2CCN(S(=O)(=O)c3ccc4ccccc4c3)CC2)c1[N+](=O)[O-]. The Labute approximate surface area is 174 Å². The van der Waals surface area contributed by atoms with Crippen LogP contribution in [0.25, 0.3) is 10.8 Å². The zero-order valence-electron chi connectivity index (χ0n) is 16.9. The molecule has 1 fully saturated rings. The summed E-state index contributed by atoms with van der Waals surface area (Å²) in [5.41, 5.74) is 0.439. The molecule has 4 rings (SSSR count). The van der Waals surface area contributed by atoms with Crippen LogP contribution in [0.5, 0.6) is 0 Å². The van der Waals surface area contributed by atoms with E-state index in [4.69, 9.17) is 0 Å². The predicted molar refractivity (Wildman–Crippen MR) is 114 cm³/mol. The van der Waals surface area contributed by atoms with Gasteiger partial charge in [0, 0.05) is 33.2 Å². The minimum Gasteiger partial charge on any atom is -0.348 e. The molecule has 0 amide bonds. The summed E-state index contributed by atoms with van der Waals surface area (Å²) in [6.07, 6.45) is 0.459. The van der Waals surface area contributed by atoms with Crippen molar-refractivity contribution >= 4 is 32.3 Å². The second-order valence-electron chi connectivity index (χ2n) is 7.25. The number of aryl methyl sites for hydroxylation is 2. The third-order valence-corrected chi connectivity index (χ3v) is 7.37. The highest BCUT2D eigenvalue weighted by molar-refractivity contribution is 7.89. The highest BCUT2D eigenvalue weighted by Gasteiger charge is 2.34. The number of sulfonamides is 1. The highest BCUT2D eigenvalue weighted by atomic mass is 32.2. The fourth-order valence-electron chi connectivity index (χ4n) is 3.95. The van der Waals surface area contributed by atoms with Crippen LogP contribution in [0.2, 0.25) is 0 Å². The van der Waals surface area contributed by atoms with E-state index in [-0.39, 0.29) is 23.7 Å². The Morgan fingerprint density at radius 3 is 2.37 bits per heavy atom. The molecule has 2 heterocycles. The molecule has 3 aromatic rings. The normalized spacial score (nSPS) is 15.6. The minimum atomic E-state index is -3.64. The van der Waals surface area contributed by atoms with Crippen LogP contribution in [0.3, 0.4) is 0 Å². The van der Waals surface area contributed by atoms with Gasteiger partial charge in [0.1, 0.15) is 5.69 Å². The third-order valence-electron chi connectivity index (χ3n) is 5.48. The van der Waals surface area contributed by atoms with E-state index in [1.807, 2.05) is 42.2 Å². The molecule has 0 unspecified atom stereocenters. The molecule has 158 valence electrons. The van der Waals surface area contributed by atoms with Crippen molar-refractivity contribution in [3.63, 3.8) is 0 Å². The van der Waals surface area contributed by atoms with Crippen LogP contribution >= 0.6 is 0 Å².